The van der Waals surface area contributed by atoms with Gasteiger partial charge in [0, 0.05) is 30.6 Å². The van der Waals surface area contributed by atoms with E-state index in [1.165, 1.54) is 5.57 Å². The molecule has 1 heterocycles. The van der Waals surface area contributed by atoms with Gasteiger partial charge >= 0.3 is 5.97 Å². The SMILES string of the molecule is CC1([C@H]2CC=C3[C@@H]4CC=C5CCCC(O)(O)[C@]5(C)[C@H]4C[C@@H](CC(=O)O)[C@@]32C)CCOO1. The summed E-state index contributed by atoms with van der Waals surface area (Å²) in [5.74, 6) is -2.24. The standard InChI is InChI=1S/C25H36O6/c1-22(11-12-30-31-22)20-9-8-18-17-7-6-15-5-4-10-25(28,29)24(15,3)19(17)13-16(14-21(26)27)23(18,20)2/h6,8,16-17,19-20,28-29H,4-5,7,9-14H2,1-3H3,(H,26,27)/t16-,17-,19-,20+,22?,23-,24-/m0/s1. The number of hydrogen-bond acceptors (Lipinski definition) is 5. The zero-order valence-corrected chi connectivity index (χ0v) is 18.9. The van der Waals surface area contributed by atoms with Crippen molar-refractivity contribution in [3.8, 4) is 0 Å². The number of allylic oxidation sites excluding steroid dienone is 3. The predicted molar refractivity (Wildman–Crippen MR) is 114 cm³/mol. The molecule has 0 aromatic rings. The van der Waals surface area contributed by atoms with Crippen molar-refractivity contribution < 1.29 is 29.9 Å². The minimum atomic E-state index is -1.76. The summed E-state index contributed by atoms with van der Waals surface area (Å²) in [7, 11) is 0. The molecule has 1 aliphatic heterocycles. The Labute approximate surface area is 184 Å². The minimum absolute atomic E-state index is 0.0266. The summed E-state index contributed by atoms with van der Waals surface area (Å²) in [6, 6.07) is 0. The maximum absolute atomic E-state index is 12.0. The van der Waals surface area contributed by atoms with Gasteiger partial charge in [-0.25, -0.2) is 9.78 Å². The summed E-state index contributed by atoms with van der Waals surface area (Å²) in [4.78, 5) is 23.1. The summed E-state index contributed by atoms with van der Waals surface area (Å²) in [6.07, 6.45) is 9.95. The van der Waals surface area contributed by atoms with Crippen molar-refractivity contribution in [2.24, 2.45) is 34.5 Å². The largest absolute Gasteiger partial charge is 0.481 e. The summed E-state index contributed by atoms with van der Waals surface area (Å²) in [5.41, 5.74) is 0.999. The van der Waals surface area contributed by atoms with E-state index in [1.807, 2.05) is 6.92 Å². The normalized spacial score (nSPS) is 48.3. The fourth-order valence-electron chi connectivity index (χ4n) is 8.35. The Kier molecular flexibility index (Phi) is 4.81. The van der Waals surface area contributed by atoms with Gasteiger partial charge in [-0.15, -0.1) is 0 Å². The van der Waals surface area contributed by atoms with Crippen LogP contribution in [0.25, 0.3) is 0 Å². The lowest BCUT2D eigenvalue weighted by Gasteiger charge is -2.62. The lowest BCUT2D eigenvalue weighted by molar-refractivity contribution is -0.323. The maximum Gasteiger partial charge on any atom is 0.303 e. The van der Waals surface area contributed by atoms with Gasteiger partial charge < -0.3 is 15.3 Å². The molecule has 5 aliphatic rings. The Morgan fingerprint density at radius 1 is 1.16 bits per heavy atom. The van der Waals surface area contributed by atoms with Crippen LogP contribution in [0.5, 0.6) is 0 Å². The molecule has 1 unspecified atom stereocenters. The lowest BCUT2D eigenvalue weighted by atomic mass is 9.44. The van der Waals surface area contributed by atoms with Crippen molar-refractivity contribution >= 4 is 5.97 Å². The smallest absolute Gasteiger partial charge is 0.303 e. The van der Waals surface area contributed by atoms with Crippen molar-refractivity contribution in [1.29, 1.82) is 0 Å². The number of carboxylic acids is 1. The van der Waals surface area contributed by atoms with Gasteiger partial charge in [0.1, 0.15) is 5.60 Å². The number of aliphatic hydroxyl groups is 2. The van der Waals surface area contributed by atoms with Gasteiger partial charge in [0.15, 0.2) is 5.79 Å². The zero-order valence-electron chi connectivity index (χ0n) is 18.9. The molecule has 7 atom stereocenters. The summed E-state index contributed by atoms with van der Waals surface area (Å²) < 4.78 is 0. The average Bonchev–Trinajstić information content (AvgIpc) is 3.28. The van der Waals surface area contributed by atoms with Crippen LogP contribution in [0.2, 0.25) is 0 Å². The van der Waals surface area contributed by atoms with Gasteiger partial charge in [-0.3, -0.25) is 4.79 Å². The van der Waals surface area contributed by atoms with Crippen LogP contribution in [0.3, 0.4) is 0 Å². The van der Waals surface area contributed by atoms with E-state index in [0.717, 1.165) is 37.7 Å². The molecule has 3 fully saturated rings. The molecule has 4 aliphatic carbocycles. The van der Waals surface area contributed by atoms with Crippen molar-refractivity contribution in [3.05, 3.63) is 23.3 Å². The molecule has 6 heteroatoms. The van der Waals surface area contributed by atoms with Crippen molar-refractivity contribution in [1.82, 2.24) is 0 Å². The van der Waals surface area contributed by atoms with E-state index in [-0.39, 0.29) is 35.5 Å². The number of carboxylic acid groups (broad SMARTS) is 1. The highest BCUT2D eigenvalue weighted by molar-refractivity contribution is 5.67. The molecule has 3 N–H and O–H groups in total. The zero-order chi connectivity index (χ0) is 22.2. The summed E-state index contributed by atoms with van der Waals surface area (Å²) in [5, 5.41) is 32.1. The second-order valence-electron chi connectivity index (χ2n) is 11.3. The molecule has 2 saturated carbocycles. The van der Waals surface area contributed by atoms with E-state index in [0.29, 0.717) is 19.4 Å². The molecule has 172 valence electrons. The van der Waals surface area contributed by atoms with Gasteiger partial charge in [0.2, 0.25) is 0 Å². The first kappa shape index (κ1) is 21.6. The minimum Gasteiger partial charge on any atom is -0.481 e. The first-order valence-electron chi connectivity index (χ1n) is 11.9. The third kappa shape index (κ3) is 2.81. The Morgan fingerprint density at radius 2 is 1.94 bits per heavy atom. The number of hydrogen-bond donors (Lipinski definition) is 3. The van der Waals surface area contributed by atoms with Crippen molar-refractivity contribution in [2.45, 2.75) is 83.5 Å². The topological polar surface area (TPSA) is 96.2 Å². The maximum atomic E-state index is 12.0. The Bertz CT molecular complexity index is 837. The molecule has 0 radical (unpaired) electrons. The van der Waals surface area contributed by atoms with Crippen LogP contribution in [0.1, 0.15) is 72.1 Å². The molecule has 5 rings (SSSR count). The van der Waals surface area contributed by atoms with Gasteiger partial charge in [0.05, 0.1) is 6.61 Å². The number of rotatable bonds is 3. The molecule has 0 amide bonds. The van der Waals surface area contributed by atoms with Crippen molar-refractivity contribution in [3.63, 3.8) is 0 Å². The van der Waals surface area contributed by atoms with Gasteiger partial charge in [-0.2, -0.15) is 0 Å². The second kappa shape index (κ2) is 6.89. The van der Waals surface area contributed by atoms with Gasteiger partial charge in [-0.05, 0) is 62.2 Å². The molecule has 1 saturated heterocycles. The monoisotopic (exact) mass is 432 g/mol. The fourth-order valence-corrected chi connectivity index (χ4v) is 8.35. The molecular formula is C25H36O6. The molecule has 0 bridgehead atoms. The second-order valence-corrected chi connectivity index (χ2v) is 11.3. The van der Waals surface area contributed by atoms with Crippen LogP contribution in [0.4, 0.5) is 0 Å². The van der Waals surface area contributed by atoms with Crippen LogP contribution in [-0.4, -0.2) is 39.3 Å². The highest BCUT2D eigenvalue weighted by atomic mass is 17.2. The van der Waals surface area contributed by atoms with E-state index in [4.69, 9.17) is 9.78 Å². The highest BCUT2D eigenvalue weighted by Crippen LogP contribution is 2.69. The fraction of sp³-hybridized carbons (Fsp3) is 0.800. The summed E-state index contributed by atoms with van der Waals surface area (Å²) in [6.45, 7) is 6.92. The van der Waals surface area contributed by atoms with E-state index < -0.39 is 22.8 Å². The molecule has 6 nitrogen and oxygen atoms in total. The van der Waals surface area contributed by atoms with Crippen LogP contribution in [-0.2, 0) is 14.6 Å². The molecule has 0 aromatic carbocycles. The third-order valence-corrected chi connectivity index (χ3v) is 10.1. The van der Waals surface area contributed by atoms with Crippen molar-refractivity contribution in [2.75, 3.05) is 6.61 Å². The molecule has 0 aromatic heterocycles. The van der Waals surface area contributed by atoms with Gasteiger partial charge in [-0.1, -0.05) is 37.1 Å². The van der Waals surface area contributed by atoms with Crippen LogP contribution in [0.15, 0.2) is 23.3 Å². The van der Waals surface area contributed by atoms with Gasteiger partial charge in [0.25, 0.3) is 0 Å². The molecule has 0 spiro atoms. The predicted octanol–water partition coefficient (Wildman–Crippen LogP) is 3.98. The lowest BCUT2D eigenvalue weighted by Crippen LogP contribution is -2.61. The number of fused-ring (bicyclic) bond motifs is 5. The first-order chi connectivity index (χ1) is 14.5. The Hall–Kier alpha value is -1.21. The Morgan fingerprint density at radius 3 is 2.61 bits per heavy atom. The van der Waals surface area contributed by atoms with Crippen LogP contribution < -0.4 is 0 Å². The van der Waals surface area contributed by atoms with E-state index >= 15 is 0 Å². The highest BCUT2D eigenvalue weighted by Gasteiger charge is 2.66. The first-order valence-corrected chi connectivity index (χ1v) is 11.9. The number of aliphatic carboxylic acids is 1. The van der Waals surface area contributed by atoms with E-state index in [9.17, 15) is 20.1 Å². The van der Waals surface area contributed by atoms with Crippen LogP contribution in [0, 0.1) is 34.5 Å². The Balaban J connectivity index is 1.60. The quantitative estimate of drug-likeness (QED) is 0.355. The average molecular weight is 433 g/mol. The number of carbonyl (C=O) groups is 1. The third-order valence-electron chi connectivity index (χ3n) is 10.1. The van der Waals surface area contributed by atoms with Crippen LogP contribution >= 0.6 is 0 Å². The molecular weight excluding hydrogens is 396 g/mol. The molecule has 31 heavy (non-hydrogen) atoms. The summed E-state index contributed by atoms with van der Waals surface area (Å²) >= 11 is 0. The van der Waals surface area contributed by atoms with E-state index in [1.54, 1.807) is 0 Å². The van der Waals surface area contributed by atoms with E-state index in [2.05, 4.69) is 26.0 Å².